The third kappa shape index (κ3) is 3.63. The Morgan fingerprint density at radius 1 is 1.47 bits per heavy atom. The van der Waals surface area contributed by atoms with Crippen LogP contribution >= 0.6 is 12.0 Å². The minimum absolute atomic E-state index is 0.0192. The first-order chi connectivity index (χ1) is 6.94. The van der Waals surface area contributed by atoms with Crippen LogP contribution in [0.2, 0.25) is 0 Å². The fourth-order valence-electron chi connectivity index (χ4n) is 0.881. The molecular formula is C7H7F3O4S. The van der Waals surface area contributed by atoms with Gasteiger partial charge in [0.05, 0.1) is 13.7 Å². The Morgan fingerprint density at radius 2 is 2.13 bits per heavy atom. The van der Waals surface area contributed by atoms with Crippen LogP contribution in [0.5, 0.6) is 0 Å². The Hall–Kier alpha value is -0.890. The number of ether oxygens (including phenoxy) is 2. The maximum Gasteiger partial charge on any atom is 0.479 e. The van der Waals surface area contributed by atoms with Crippen LogP contribution in [0.15, 0.2) is 11.3 Å². The Bertz CT molecular complexity index is 286. The molecule has 0 atom stereocenters. The smallest absolute Gasteiger partial charge is 0.465 e. The summed E-state index contributed by atoms with van der Waals surface area (Å²) in [7, 11) is 1.13. The van der Waals surface area contributed by atoms with Gasteiger partial charge in [-0.1, -0.05) is 0 Å². The first-order valence-corrected chi connectivity index (χ1v) is 4.48. The lowest BCUT2D eigenvalue weighted by Gasteiger charge is -2.07. The number of halogens is 3. The van der Waals surface area contributed by atoms with Gasteiger partial charge < -0.3 is 13.7 Å². The zero-order chi connectivity index (χ0) is 11.5. The third-order valence-electron chi connectivity index (χ3n) is 1.48. The van der Waals surface area contributed by atoms with E-state index in [1.54, 1.807) is 0 Å². The Kier molecular flexibility index (Phi) is 3.86. The van der Waals surface area contributed by atoms with Gasteiger partial charge >= 0.3 is 11.5 Å². The number of hydrogen-bond donors (Lipinski definition) is 0. The summed E-state index contributed by atoms with van der Waals surface area (Å²) in [6.07, 6.45) is 0. The van der Waals surface area contributed by atoms with Crippen molar-refractivity contribution in [3.05, 3.63) is 11.3 Å². The molecule has 1 aliphatic rings. The molecule has 86 valence electrons. The molecule has 8 heteroatoms. The van der Waals surface area contributed by atoms with Crippen molar-refractivity contribution >= 4 is 18.0 Å². The summed E-state index contributed by atoms with van der Waals surface area (Å²) in [6.45, 7) is -0.256. The van der Waals surface area contributed by atoms with E-state index in [2.05, 4.69) is 8.92 Å². The maximum absolute atomic E-state index is 11.8. The van der Waals surface area contributed by atoms with E-state index in [-0.39, 0.29) is 24.5 Å². The molecule has 0 aromatic heterocycles. The summed E-state index contributed by atoms with van der Waals surface area (Å²) in [5.74, 6) is -0.894. The number of carbonyl (C=O) groups is 1. The number of carbonyl (C=O) groups excluding carboxylic acids is 1. The number of alkyl halides is 3. The number of esters is 1. The van der Waals surface area contributed by atoms with E-state index >= 15 is 0 Å². The Labute approximate surface area is 87.6 Å². The van der Waals surface area contributed by atoms with Crippen LogP contribution < -0.4 is 0 Å². The van der Waals surface area contributed by atoms with Crippen LogP contribution in [0.4, 0.5) is 13.2 Å². The highest BCUT2D eigenvalue weighted by Crippen LogP contribution is 2.34. The van der Waals surface area contributed by atoms with E-state index in [1.807, 2.05) is 0 Å². The molecule has 0 spiro atoms. The van der Waals surface area contributed by atoms with Crippen LogP contribution in [0.3, 0.4) is 0 Å². The van der Waals surface area contributed by atoms with Crippen LogP contribution in [0, 0.1) is 0 Å². The van der Waals surface area contributed by atoms with Crippen molar-refractivity contribution in [2.24, 2.45) is 0 Å². The van der Waals surface area contributed by atoms with Crippen molar-refractivity contribution in [3.63, 3.8) is 0 Å². The van der Waals surface area contributed by atoms with Crippen molar-refractivity contribution in [1.82, 2.24) is 0 Å². The Balaban J connectivity index is 2.62. The molecule has 0 unspecified atom stereocenters. The molecule has 0 aromatic rings. The van der Waals surface area contributed by atoms with Crippen molar-refractivity contribution in [1.29, 1.82) is 0 Å². The van der Waals surface area contributed by atoms with Crippen LogP contribution in [-0.4, -0.2) is 31.8 Å². The second-order valence-electron chi connectivity index (χ2n) is 2.50. The minimum Gasteiger partial charge on any atom is -0.465 e. The van der Waals surface area contributed by atoms with Gasteiger partial charge in [-0.05, 0) is 0 Å². The van der Waals surface area contributed by atoms with Crippen molar-refractivity contribution in [3.8, 4) is 0 Å². The molecule has 0 saturated heterocycles. The van der Waals surface area contributed by atoms with Gasteiger partial charge in [-0.2, -0.15) is 13.2 Å². The van der Waals surface area contributed by atoms with E-state index in [9.17, 15) is 18.0 Å². The van der Waals surface area contributed by atoms with Gasteiger partial charge in [0.15, 0.2) is 17.8 Å². The lowest BCUT2D eigenvalue weighted by molar-refractivity contribution is -0.136. The molecule has 4 nitrogen and oxygen atoms in total. The van der Waals surface area contributed by atoms with E-state index in [1.165, 1.54) is 0 Å². The summed E-state index contributed by atoms with van der Waals surface area (Å²) < 4.78 is 48.8. The lowest BCUT2D eigenvalue weighted by Crippen LogP contribution is -2.09. The SMILES string of the molecule is COC(=O)C1=C(OSC(F)(F)F)COC1. The molecule has 1 aliphatic heterocycles. The first kappa shape index (κ1) is 12.2. The molecule has 0 radical (unpaired) electrons. The van der Waals surface area contributed by atoms with Crippen LogP contribution in [0.25, 0.3) is 0 Å². The molecule has 0 fully saturated rings. The highest BCUT2D eigenvalue weighted by atomic mass is 32.2. The fourth-order valence-corrected chi connectivity index (χ4v) is 1.23. The molecule has 0 bridgehead atoms. The topological polar surface area (TPSA) is 44.8 Å². The zero-order valence-electron chi connectivity index (χ0n) is 7.59. The largest absolute Gasteiger partial charge is 0.479 e. The highest BCUT2D eigenvalue weighted by Gasteiger charge is 2.34. The van der Waals surface area contributed by atoms with E-state index in [0.717, 1.165) is 7.11 Å². The summed E-state index contributed by atoms with van der Waals surface area (Å²) in [6, 6.07) is 0. The summed E-state index contributed by atoms with van der Waals surface area (Å²) in [5.41, 5.74) is -4.54. The van der Waals surface area contributed by atoms with Gasteiger partial charge in [-0.3, -0.25) is 0 Å². The lowest BCUT2D eigenvalue weighted by atomic mass is 10.3. The number of rotatable bonds is 3. The predicted molar refractivity (Wildman–Crippen MR) is 44.6 cm³/mol. The van der Waals surface area contributed by atoms with Gasteiger partial charge in [0, 0.05) is 0 Å². The van der Waals surface area contributed by atoms with Gasteiger partial charge in [0.2, 0.25) is 0 Å². The van der Waals surface area contributed by atoms with Crippen LogP contribution in [-0.2, 0) is 18.5 Å². The van der Waals surface area contributed by atoms with E-state index in [0.29, 0.717) is 0 Å². The molecule has 0 aliphatic carbocycles. The predicted octanol–water partition coefficient (Wildman–Crippen LogP) is 1.63. The minimum atomic E-state index is -4.52. The number of methoxy groups -OCH3 is 1. The monoisotopic (exact) mass is 244 g/mol. The maximum atomic E-state index is 11.8. The molecule has 0 N–H and O–H groups in total. The second-order valence-corrected chi connectivity index (χ2v) is 3.29. The summed E-state index contributed by atoms with van der Waals surface area (Å²) >= 11 is -0.683. The standard InChI is InChI=1S/C7H7F3O4S/c1-12-6(11)4-2-13-3-5(4)14-15-7(8,9)10/h2-3H2,1H3. The van der Waals surface area contributed by atoms with Gasteiger partial charge in [0.25, 0.3) is 0 Å². The molecule has 0 aromatic carbocycles. The molecule has 1 heterocycles. The van der Waals surface area contributed by atoms with E-state index < -0.39 is 23.5 Å². The van der Waals surface area contributed by atoms with E-state index in [4.69, 9.17) is 4.74 Å². The van der Waals surface area contributed by atoms with Gasteiger partial charge in [0.1, 0.15) is 12.2 Å². The Morgan fingerprint density at radius 3 is 2.67 bits per heavy atom. The highest BCUT2D eigenvalue weighted by molar-refractivity contribution is 7.95. The van der Waals surface area contributed by atoms with Gasteiger partial charge in [-0.25, -0.2) is 4.79 Å². The zero-order valence-corrected chi connectivity index (χ0v) is 8.41. The van der Waals surface area contributed by atoms with Crippen molar-refractivity contribution < 1.29 is 31.6 Å². The summed E-state index contributed by atoms with van der Waals surface area (Å²) in [4.78, 5) is 11.0. The average Bonchev–Trinajstić information content (AvgIpc) is 2.60. The molecular weight excluding hydrogens is 237 g/mol. The first-order valence-electron chi connectivity index (χ1n) is 3.74. The molecule has 1 rings (SSSR count). The molecule has 0 amide bonds. The molecule has 15 heavy (non-hydrogen) atoms. The van der Waals surface area contributed by atoms with Crippen LogP contribution in [0.1, 0.15) is 0 Å². The fraction of sp³-hybridized carbons (Fsp3) is 0.571. The quantitative estimate of drug-likeness (QED) is 0.557. The van der Waals surface area contributed by atoms with Crippen molar-refractivity contribution in [2.45, 2.75) is 5.51 Å². The average molecular weight is 244 g/mol. The van der Waals surface area contributed by atoms with Gasteiger partial charge in [-0.15, -0.1) is 0 Å². The van der Waals surface area contributed by atoms with Crippen molar-refractivity contribution in [2.75, 3.05) is 20.3 Å². The second kappa shape index (κ2) is 4.75. The third-order valence-corrected chi connectivity index (χ3v) is 1.96. The normalized spacial score (nSPS) is 16.8. The summed E-state index contributed by atoms with van der Waals surface area (Å²) in [5, 5.41) is 0. The molecule has 0 saturated carbocycles. The number of hydrogen-bond acceptors (Lipinski definition) is 5.